The van der Waals surface area contributed by atoms with Crippen molar-refractivity contribution in [2.24, 2.45) is 0 Å². The van der Waals surface area contributed by atoms with Crippen molar-refractivity contribution in [1.82, 2.24) is 4.98 Å². The van der Waals surface area contributed by atoms with Crippen LogP contribution in [0.25, 0.3) is 0 Å². The molecule has 0 saturated carbocycles. The molecular weight excluding hydrogens is 239 g/mol. The van der Waals surface area contributed by atoms with Gasteiger partial charge < -0.3 is 10.0 Å². The largest absolute Gasteiger partial charge is 0.392 e. The van der Waals surface area contributed by atoms with Gasteiger partial charge in [-0.3, -0.25) is 0 Å². The van der Waals surface area contributed by atoms with Crippen LogP contribution in [-0.4, -0.2) is 35.2 Å². The zero-order valence-corrected chi connectivity index (χ0v) is 11.3. The molecule has 5 heteroatoms. The van der Waals surface area contributed by atoms with E-state index in [1.54, 1.807) is 11.8 Å². The Morgan fingerprint density at radius 2 is 2.29 bits per heavy atom. The summed E-state index contributed by atoms with van der Waals surface area (Å²) in [6.07, 6.45) is 4.50. The zero-order valence-electron chi connectivity index (χ0n) is 10.5. The van der Waals surface area contributed by atoms with Gasteiger partial charge in [-0.15, -0.1) is 0 Å². The Hall–Kier alpha value is -0.810. The molecule has 0 aliphatic carbocycles. The maximum absolute atomic E-state index is 14.0. The van der Waals surface area contributed by atoms with E-state index >= 15 is 0 Å². The third-order valence-corrected chi connectivity index (χ3v) is 3.55. The second-order valence-electron chi connectivity index (χ2n) is 3.89. The standard InChI is InChI=1S/C12H19FN2OS/c1-4-10(8-17-3)15(2)12-11(13)9(7-16)5-6-14-12/h5-6,10,16H,4,7-8H2,1-3H3. The van der Waals surface area contributed by atoms with Gasteiger partial charge in [-0.25, -0.2) is 9.37 Å². The maximum Gasteiger partial charge on any atom is 0.171 e. The van der Waals surface area contributed by atoms with Crippen LogP contribution in [0.5, 0.6) is 0 Å². The van der Waals surface area contributed by atoms with Crippen LogP contribution in [0.4, 0.5) is 10.2 Å². The summed E-state index contributed by atoms with van der Waals surface area (Å²) >= 11 is 1.73. The minimum Gasteiger partial charge on any atom is -0.392 e. The number of aliphatic hydroxyl groups is 1. The lowest BCUT2D eigenvalue weighted by atomic mass is 10.2. The molecule has 1 rings (SSSR count). The van der Waals surface area contributed by atoms with E-state index in [9.17, 15) is 4.39 Å². The van der Waals surface area contributed by atoms with Crippen LogP contribution < -0.4 is 4.90 Å². The van der Waals surface area contributed by atoms with Crippen molar-refractivity contribution in [3.8, 4) is 0 Å². The van der Waals surface area contributed by atoms with E-state index in [0.717, 1.165) is 12.2 Å². The summed E-state index contributed by atoms with van der Waals surface area (Å²) in [5.74, 6) is 0.826. The summed E-state index contributed by atoms with van der Waals surface area (Å²) in [6, 6.07) is 1.75. The smallest absolute Gasteiger partial charge is 0.171 e. The first-order chi connectivity index (χ1) is 8.15. The Bertz CT molecular complexity index is 362. The van der Waals surface area contributed by atoms with Gasteiger partial charge in [0.05, 0.1) is 6.61 Å². The minimum atomic E-state index is -0.419. The second kappa shape index (κ2) is 6.81. The van der Waals surface area contributed by atoms with Crippen LogP contribution in [-0.2, 0) is 6.61 Å². The number of nitrogens with zero attached hydrogens (tertiary/aromatic N) is 2. The molecule has 1 heterocycles. The molecule has 0 aliphatic heterocycles. The Morgan fingerprint density at radius 1 is 1.59 bits per heavy atom. The number of aromatic nitrogens is 1. The summed E-state index contributed by atoms with van der Waals surface area (Å²) in [6.45, 7) is 1.78. The second-order valence-corrected chi connectivity index (χ2v) is 4.80. The van der Waals surface area contributed by atoms with E-state index in [4.69, 9.17) is 5.11 Å². The quantitative estimate of drug-likeness (QED) is 0.849. The summed E-state index contributed by atoms with van der Waals surface area (Å²) in [5, 5.41) is 9.03. The molecule has 0 bridgehead atoms. The summed E-state index contributed by atoms with van der Waals surface area (Å²) < 4.78 is 14.0. The highest BCUT2D eigenvalue weighted by Gasteiger charge is 2.18. The SMILES string of the molecule is CCC(CSC)N(C)c1nccc(CO)c1F. The molecule has 1 aromatic heterocycles. The third kappa shape index (κ3) is 3.33. The summed E-state index contributed by atoms with van der Waals surface area (Å²) in [4.78, 5) is 5.92. The highest BCUT2D eigenvalue weighted by atomic mass is 32.2. The first-order valence-corrected chi connectivity index (χ1v) is 7.01. The van der Waals surface area contributed by atoms with Crippen molar-refractivity contribution in [2.45, 2.75) is 26.0 Å². The van der Waals surface area contributed by atoms with Crippen LogP contribution in [0.2, 0.25) is 0 Å². The molecule has 96 valence electrons. The molecule has 1 aromatic rings. The predicted octanol–water partition coefficient (Wildman–Crippen LogP) is 2.29. The number of thioether (sulfide) groups is 1. The molecule has 0 saturated heterocycles. The highest BCUT2D eigenvalue weighted by Crippen LogP contribution is 2.22. The van der Waals surface area contributed by atoms with Gasteiger partial charge in [0, 0.05) is 30.6 Å². The van der Waals surface area contributed by atoms with Gasteiger partial charge >= 0.3 is 0 Å². The molecule has 0 radical (unpaired) electrons. The molecular formula is C12H19FN2OS. The summed E-state index contributed by atoms with van der Waals surface area (Å²) in [5.41, 5.74) is 0.292. The average Bonchev–Trinajstić information content (AvgIpc) is 2.35. The van der Waals surface area contributed by atoms with Crippen LogP contribution >= 0.6 is 11.8 Å². The molecule has 1 N–H and O–H groups in total. The van der Waals surface area contributed by atoms with Crippen LogP contribution in [0, 0.1) is 5.82 Å². The fraction of sp³-hybridized carbons (Fsp3) is 0.583. The van der Waals surface area contributed by atoms with Crippen molar-refractivity contribution in [3.05, 3.63) is 23.6 Å². The fourth-order valence-corrected chi connectivity index (χ4v) is 2.55. The lowest BCUT2D eigenvalue weighted by Crippen LogP contribution is -2.34. The van der Waals surface area contributed by atoms with E-state index < -0.39 is 5.82 Å². The van der Waals surface area contributed by atoms with E-state index in [1.807, 2.05) is 18.2 Å². The zero-order chi connectivity index (χ0) is 12.8. The number of aliphatic hydroxyl groups excluding tert-OH is 1. The monoisotopic (exact) mass is 258 g/mol. The molecule has 0 amide bonds. The number of pyridine rings is 1. The van der Waals surface area contributed by atoms with E-state index in [-0.39, 0.29) is 12.6 Å². The predicted molar refractivity (Wildman–Crippen MR) is 71.0 cm³/mol. The lowest BCUT2D eigenvalue weighted by Gasteiger charge is -2.28. The number of anilines is 1. The molecule has 17 heavy (non-hydrogen) atoms. The minimum absolute atomic E-state index is 0.251. The normalized spacial score (nSPS) is 12.5. The van der Waals surface area contributed by atoms with E-state index in [2.05, 4.69) is 11.9 Å². The number of halogens is 1. The van der Waals surface area contributed by atoms with Gasteiger partial charge in [0.1, 0.15) is 0 Å². The van der Waals surface area contributed by atoms with E-state index in [0.29, 0.717) is 11.4 Å². The van der Waals surface area contributed by atoms with Gasteiger partial charge in [-0.2, -0.15) is 11.8 Å². The molecule has 1 unspecified atom stereocenters. The topological polar surface area (TPSA) is 36.4 Å². The Balaban J connectivity index is 2.98. The lowest BCUT2D eigenvalue weighted by molar-refractivity contribution is 0.275. The van der Waals surface area contributed by atoms with Crippen molar-refractivity contribution in [1.29, 1.82) is 0 Å². The summed E-state index contributed by atoms with van der Waals surface area (Å²) in [7, 11) is 1.84. The molecule has 0 aromatic carbocycles. The van der Waals surface area contributed by atoms with Crippen molar-refractivity contribution in [3.63, 3.8) is 0 Å². The van der Waals surface area contributed by atoms with Crippen molar-refractivity contribution >= 4 is 17.6 Å². The number of hydrogen-bond acceptors (Lipinski definition) is 4. The molecule has 0 fully saturated rings. The molecule has 0 aliphatic rings. The Kier molecular flexibility index (Phi) is 5.71. The van der Waals surface area contributed by atoms with Crippen LogP contribution in [0.3, 0.4) is 0 Å². The van der Waals surface area contributed by atoms with Gasteiger partial charge in [0.15, 0.2) is 11.6 Å². The van der Waals surface area contributed by atoms with Gasteiger partial charge in [0.25, 0.3) is 0 Å². The number of rotatable bonds is 6. The molecule has 0 spiro atoms. The first kappa shape index (κ1) is 14.3. The third-order valence-electron chi connectivity index (χ3n) is 2.83. The van der Waals surface area contributed by atoms with Gasteiger partial charge in [-0.1, -0.05) is 6.92 Å². The molecule has 3 nitrogen and oxygen atoms in total. The van der Waals surface area contributed by atoms with Crippen LogP contribution in [0.15, 0.2) is 12.3 Å². The van der Waals surface area contributed by atoms with E-state index in [1.165, 1.54) is 12.3 Å². The molecule has 1 atom stereocenters. The van der Waals surface area contributed by atoms with Crippen molar-refractivity contribution in [2.75, 3.05) is 24.0 Å². The first-order valence-electron chi connectivity index (χ1n) is 5.61. The number of hydrogen-bond donors (Lipinski definition) is 1. The fourth-order valence-electron chi connectivity index (χ4n) is 1.71. The Morgan fingerprint density at radius 3 is 2.82 bits per heavy atom. The maximum atomic E-state index is 14.0. The Labute approximate surface area is 106 Å². The average molecular weight is 258 g/mol. The van der Waals surface area contributed by atoms with Crippen molar-refractivity contribution < 1.29 is 9.50 Å². The van der Waals surface area contributed by atoms with Crippen LogP contribution in [0.1, 0.15) is 18.9 Å². The highest BCUT2D eigenvalue weighted by molar-refractivity contribution is 7.98. The van der Waals surface area contributed by atoms with Gasteiger partial charge in [-0.05, 0) is 18.7 Å². The van der Waals surface area contributed by atoms with Gasteiger partial charge in [0.2, 0.25) is 0 Å².